The summed E-state index contributed by atoms with van der Waals surface area (Å²) in [4.78, 5) is 21.3. The molecule has 3 heterocycles. The van der Waals surface area contributed by atoms with Crippen molar-refractivity contribution >= 4 is 22.2 Å². The quantitative estimate of drug-likeness (QED) is 0.668. The number of carbonyl (C=O) groups excluding carboxylic acids is 1. The summed E-state index contributed by atoms with van der Waals surface area (Å²) in [5.74, 6) is 0.872. The van der Waals surface area contributed by atoms with Crippen molar-refractivity contribution in [1.29, 1.82) is 0 Å². The lowest BCUT2D eigenvalue weighted by Crippen LogP contribution is -2.26. The normalized spacial score (nSPS) is 11.1. The van der Waals surface area contributed by atoms with Crippen molar-refractivity contribution in [2.45, 2.75) is 26.2 Å². The topological polar surface area (TPSA) is 88.0 Å². The molecule has 2 N–H and O–H groups in total. The number of aromatic nitrogens is 5. The third-order valence-corrected chi connectivity index (χ3v) is 4.01. The summed E-state index contributed by atoms with van der Waals surface area (Å²) in [7, 11) is 0. The molecule has 0 atom stereocenters. The van der Waals surface area contributed by atoms with Crippen molar-refractivity contribution in [3.8, 4) is 0 Å². The van der Waals surface area contributed by atoms with E-state index in [0.717, 1.165) is 35.0 Å². The van der Waals surface area contributed by atoms with E-state index in [4.69, 9.17) is 0 Å². The molecule has 0 aliphatic heterocycles. The number of nitrogens with zero attached hydrogens (tertiary/aromatic N) is 4. The number of amides is 1. The molecule has 0 unspecified atom stereocenters. The van der Waals surface area contributed by atoms with Crippen LogP contribution >= 0.6 is 11.3 Å². The minimum atomic E-state index is 0.0265. The predicted octanol–water partition coefficient (Wildman–Crippen LogP) is 1.11. The molecule has 0 bridgehead atoms. The molecular weight excluding hydrogens is 288 g/mol. The van der Waals surface area contributed by atoms with Gasteiger partial charge in [0.2, 0.25) is 5.91 Å². The van der Waals surface area contributed by atoms with Crippen LogP contribution in [0, 0.1) is 6.92 Å². The van der Waals surface area contributed by atoms with Crippen molar-refractivity contribution < 1.29 is 4.79 Å². The van der Waals surface area contributed by atoms with Gasteiger partial charge < -0.3 is 5.32 Å². The highest BCUT2D eigenvalue weighted by molar-refractivity contribution is 7.15. The maximum absolute atomic E-state index is 11.9. The number of thiazole rings is 1. The highest BCUT2D eigenvalue weighted by Gasteiger charge is 2.10. The fourth-order valence-corrected chi connectivity index (χ4v) is 3.05. The second-order valence-electron chi connectivity index (χ2n) is 4.82. The predicted molar refractivity (Wildman–Crippen MR) is 79.2 cm³/mol. The standard InChI is InChI=1S/C13H16N6OS/c1-9-6-19-10(7-21-13(19)17-9)5-12(20)14-4-2-3-11-15-8-16-18-11/h6-8H,2-5H2,1H3,(H,14,20)(H,15,16,18). The molecule has 3 rings (SSSR count). The largest absolute Gasteiger partial charge is 0.356 e. The van der Waals surface area contributed by atoms with Gasteiger partial charge >= 0.3 is 0 Å². The monoisotopic (exact) mass is 304 g/mol. The molecule has 0 radical (unpaired) electrons. The molecule has 110 valence electrons. The summed E-state index contributed by atoms with van der Waals surface area (Å²) in [6.07, 6.45) is 5.44. The SMILES string of the molecule is Cc1cn2c(CC(=O)NCCCc3ncn[nH]3)csc2n1. The number of H-pyrrole nitrogens is 1. The van der Waals surface area contributed by atoms with Gasteiger partial charge in [-0.25, -0.2) is 9.97 Å². The van der Waals surface area contributed by atoms with Crippen molar-refractivity contribution in [1.82, 2.24) is 29.9 Å². The lowest BCUT2D eigenvalue weighted by Gasteiger charge is -2.04. The van der Waals surface area contributed by atoms with E-state index in [-0.39, 0.29) is 5.91 Å². The van der Waals surface area contributed by atoms with E-state index in [1.54, 1.807) is 11.3 Å². The average molecular weight is 304 g/mol. The molecule has 0 spiro atoms. The van der Waals surface area contributed by atoms with Gasteiger partial charge in [-0.1, -0.05) is 0 Å². The van der Waals surface area contributed by atoms with E-state index in [1.807, 2.05) is 22.9 Å². The average Bonchev–Trinajstić information content (AvgIpc) is 3.14. The fraction of sp³-hybridized carbons (Fsp3) is 0.385. The zero-order chi connectivity index (χ0) is 14.7. The van der Waals surface area contributed by atoms with Gasteiger partial charge in [-0.3, -0.25) is 14.3 Å². The minimum absolute atomic E-state index is 0.0265. The molecule has 7 nitrogen and oxygen atoms in total. The van der Waals surface area contributed by atoms with Gasteiger partial charge in [0, 0.05) is 30.2 Å². The first-order valence-electron chi connectivity index (χ1n) is 6.75. The molecule has 8 heteroatoms. The van der Waals surface area contributed by atoms with Gasteiger partial charge in [-0.15, -0.1) is 11.3 Å². The number of aromatic amines is 1. The Morgan fingerprint density at radius 1 is 1.52 bits per heavy atom. The van der Waals surface area contributed by atoms with Gasteiger partial charge in [0.1, 0.15) is 12.2 Å². The summed E-state index contributed by atoms with van der Waals surface area (Å²) in [6, 6.07) is 0. The Bertz CT molecular complexity index is 729. The van der Waals surface area contributed by atoms with E-state index >= 15 is 0 Å². The Kier molecular flexibility index (Phi) is 3.96. The molecule has 0 aliphatic rings. The highest BCUT2D eigenvalue weighted by Crippen LogP contribution is 2.16. The number of rotatable bonds is 6. The third kappa shape index (κ3) is 3.27. The van der Waals surface area contributed by atoms with Gasteiger partial charge in [0.05, 0.1) is 12.1 Å². The molecule has 0 aliphatic carbocycles. The maximum atomic E-state index is 11.9. The van der Waals surface area contributed by atoms with E-state index in [1.165, 1.54) is 6.33 Å². The molecule has 0 fully saturated rings. The van der Waals surface area contributed by atoms with Crippen molar-refractivity contribution in [2.24, 2.45) is 0 Å². The smallest absolute Gasteiger partial charge is 0.225 e. The molecule has 0 saturated carbocycles. The fourth-order valence-electron chi connectivity index (χ4n) is 2.13. The van der Waals surface area contributed by atoms with Crippen molar-refractivity contribution in [3.63, 3.8) is 0 Å². The highest BCUT2D eigenvalue weighted by atomic mass is 32.1. The minimum Gasteiger partial charge on any atom is -0.356 e. The van der Waals surface area contributed by atoms with Crippen LogP contribution < -0.4 is 5.32 Å². The molecule has 1 amide bonds. The maximum Gasteiger partial charge on any atom is 0.225 e. The van der Waals surface area contributed by atoms with Crippen LogP contribution in [-0.2, 0) is 17.6 Å². The zero-order valence-electron chi connectivity index (χ0n) is 11.7. The van der Waals surface area contributed by atoms with Crippen LogP contribution in [0.25, 0.3) is 4.96 Å². The van der Waals surface area contributed by atoms with E-state index in [9.17, 15) is 4.79 Å². The number of imidazole rings is 1. The Labute approximate surface area is 125 Å². The summed E-state index contributed by atoms with van der Waals surface area (Å²) >= 11 is 1.56. The Balaban J connectivity index is 1.47. The van der Waals surface area contributed by atoms with Crippen molar-refractivity contribution in [2.75, 3.05) is 6.54 Å². The lowest BCUT2D eigenvalue weighted by atomic mass is 10.2. The molecular formula is C13H16N6OS. The van der Waals surface area contributed by atoms with Crippen LogP contribution in [0.3, 0.4) is 0 Å². The summed E-state index contributed by atoms with van der Waals surface area (Å²) in [6.45, 7) is 2.59. The van der Waals surface area contributed by atoms with E-state index in [2.05, 4.69) is 25.5 Å². The van der Waals surface area contributed by atoms with E-state index < -0.39 is 0 Å². The number of hydrogen-bond donors (Lipinski definition) is 2. The van der Waals surface area contributed by atoms with Gasteiger partial charge in [-0.2, -0.15) is 5.10 Å². The van der Waals surface area contributed by atoms with Crippen LogP contribution in [0.4, 0.5) is 0 Å². The molecule has 3 aromatic heterocycles. The Hall–Kier alpha value is -2.22. The number of aryl methyl sites for hydroxylation is 2. The number of fused-ring (bicyclic) bond motifs is 1. The first-order valence-corrected chi connectivity index (χ1v) is 7.63. The molecule has 3 aromatic rings. The van der Waals surface area contributed by atoms with Crippen LogP contribution in [0.2, 0.25) is 0 Å². The molecule has 0 saturated heterocycles. The summed E-state index contributed by atoms with van der Waals surface area (Å²) in [5, 5.41) is 11.5. The van der Waals surface area contributed by atoms with Crippen LogP contribution in [0.15, 0.2) is 17.9 Å². The van der Waals surface area contributed by atoms with Gasteiger partial charge in [0.25, 0.3) is 0 Å². The lowest BCUT2D eigenvalue weighted by molar-refractivity contribution is -0.120. The second kappa shape index (κ2) is 6.04. The first-order chi connectivity index (χ1) is 10.2. The van der Waals surface area contributed by atoms with Gasteiger partial charge in [-0.05, 0) is 13.3 Å². The Morgan fingerprint density at radius 2 is 2.43 bits per heavy atom. The number of nitrogens with one attached hydrogen (secondary N) is 2. The Morgan fingerprint density at radius 3 is 3.24 bits per heavy atom. The van der Waals surface area contributed by atoms with Crippen molar-refractivity contribution in [3.05, 3.63) is 35.1 Å². The van der Waals surface area contributed by atoms with Crippen LogP contribution in [0.1, 0.15) is 23.6 Å². The molecule has 0 aromatic carbocycles. The number of hydrogen-bond acceptors (Lipinski definition) is 5. The third-order valence-electron chi connectivity index (χ3n) is 3.12. The van der Waals surface area contributed by atoms with Crippen LogP contribution in [0.5, 0.6) is 0 Å². The van der Waals surface area contributed by atoms with E-state index in [0.29, 0.717) is 13.0 Å². The summed E-state index contributed by atoms with van der Waals surface area (Å²) < 4.78 is 1.98. The number of carbonyl (C=O) groups is 1. The second-order valence-corrected chi connectivity index (χ2v) is 5.66. The van der Waals surface area contributed by atoms with Gasteiger partial charge in [0.15, 0.2) is 4.96 Å². The van der Waals surface area contributed by atoms with Crippen LogP contribution in [-0.4, -0.2) is 37.0 Å². The first kappa shape index (κ1) is 13.7. The zero-order valence-corrected chi connectivity index (χ0v) is 12.5. The summed E-state index contributed by atoms with van der Waals surface area (Å²) in [5.41, 5.74) is 1.94. The molecule has 21 heavy (non-hydrogen) atoms.